The van der Waals surface area contributed by atoms with Crippen molar-refractivity contribution in [2.75, 3.05) is 0 Å². The topological polar surface area (TPSA) is 95.9 Å². The minimum absolute atomic E-state index is 0.0112. The maximum Gasteiger partial charge on any atom is 0.288 e. The number of nitrogens with one attached hydrogen (secondary N) is 2. The average Bonchev–Trinajstić information content (AvgIpc) is 2.81. The number of hydrogen-bond acceptors (Lipinski definition) is 6. The van der Waals surface area contributed by atoms with Gasteiger partial charge in [-0.15, -0.1) is 5.10 Å². The zero-order chi connectivity index (χ0) is 13.0. The second-order valence-electron chi connectivity index (χ2n) is 3.45. The Kier molecular flexibility index (Phi) is 3.58. The SMILES string of the molecule is Cc1cccc(C(=O)NC([S-])=Nc2nn[nH]n2)c1. The van der Waals surface area contributed by atoms with Gasteiger partial charge in [0.15, 0.2) is 0 Å². The number of carbonyl (C=O) groups excluding carboxylic acids is 1. The summed E-state index contributed by atoms with van der Waals surface area (Å²) in [5.41, 5.74) is 1.50. The molecule has 92 valence electrons. The molecule has 8 heteroatoms. The van der Waals surface area contributed by atoms with Gasteiger partial charge in [-0.1, -0.05) is 22.8 Å². The first-order valence-corrected chi connectivity index (χ1v) is 5.43. The normalized spacial score (nSPS) is 11.3. The highest BCUT2D eigenvalue weighted by molar-refractivity contribution is 7.77. The van der Waals surface area contributed by atoms with Gasteiger partial charge in [-0.2, -0.15) is 5.21 Å². The van der Waals surface area contributed by atoms with Crippen LogP contribution in [-0.4, -0.2) is 31.7 Å². The number of aryl methyl sites for hydroxylation is 1. The van der Waals surface area contributed by atoms with E-state index in [0.717, 1.165) is 5.56 Å². The second-order valence-corrected chi connectivity index (χ2v) is 3.84. The number of benzene rings is 1. The first-order valence-electron chi connectivity index (χ1n) is 5.02. The summed E-state index contributed by atoms with van der Waals surface area (Å²) in [6.45, 7) is 1.90. The standard InChI is InChI=1S/C10H10N6OS/c1-6-3-2-4-7(5-6)8(17)11-10(18)12-9-13-15-16-14-9/h2-5H,1H3,(H3,11,12,13,14,15,16,17,18)/p-1. The molecule has 0 aliphatic carbocycles. The third-order valence-electron chi connectivity index (χ3n) is 2.04. The molecule has 0 aliphatic rings. The van der Waals surface area contributed by atoms with Crippen molar-refractivity contribution in [3.8, 4) is 0 Å². The second kappa shape index (κ2) is 5.32. The number of aliphatic imine (C=N–C) groups is 1. The first-order chi connectivity index (χ1) is 8.65. The molecule has 2 N–H and O–H groups in total. The molecular formula is C10H9N6OS-. The van der Waals surface area contributed by atoms with Gasteiger partial charge in [-0.05, 0) is 29.4 Å². The van der Waals surface area contributed by atoms with Crippen LogP contribution >= 0.6 is 0 Å². The quantitative estimate of drug-likeness (QED) is 0.465. The average molecular weight is 261 g/mol. The Hall–Kier alpha value is -2.35. The number of H-pyrrole nitrogens is 1. The maximum absolute atomic E-state index is 11.8. The largest absolute Gasteiger partial charge is 0.742 e. The van der Waals surface area contributed by atoms with E-state index in [-0.39, 0.29) is 17.0 Å². The summed E-state index contributed by atoms with van der Waals surface area (Å²) in [7, 11) is 0. The van der Waals surface area contributed by atoms with Crippen LogP contribution in [0.2, 0.25) is 0 Å². The van der Waals surface area contributed by atoms with Gasteiger partial charge in [0, 0.05) is 5.56 Å². The molecule has 7 nitrogen and oxygen atoms in total. The van der Waals surface area contributed by atoms with E-state index in [4.69, 9.17) is 12.6 Å². The van der Waals surface area contributed by atoms with Crippen molar-refractivity contribution < 1.29 is 4.79 Å². The molecule has 0 atom stereocenters. The predicted molar refractivity (Wildman–Crippen MR) is 67.3 cm³/mol. The van der Waals surface area contributed by atoms with Crippen molar-refractivity contribution in [2.24, 2.45) is 4.99 Å². The number of aromatic amines is 1. The highest BCUT2D eigenvalue weighted by Gasteiger charge is 2.04. The van der Waals surface area contributed by atoms with Crippen LogP contribution in [-0.2, 0) is 12.6 Å². The number of amidine groups is 1. The zero-order valence-corrected chi connectivity index (χ0v) is 10.2. The lowest BCUT2D eigenvalue weighted by Crippen LogP contribution is -2.28. The van der Waals surface area contributed by atoms with Crippen molar-refractivity contribution in [1.29, 1.82) is 0 Å². The zero-order valence-electron chi connectivity index (χ0n) is 9.41. The van der Waals surface area contributed by atoms with E-state index < -0.39 is 0 Å². The highest BCUT2D eigenvalue weighted by atomic mass is 32.1. The fraction of sp³-hybridized carbons (Fsp3) is 0.100. The summed E-state index contributed by atoms with van der Waals surface area (Å²) in [4.78, 5) is 15.6. The number of amides is 1. The van der Waals surface area contributed by atoms with Gasteiger partial charge in [-0.25, -0.2) is 4.99 Å². The monoisotopic (exact) mass is 261 g/mol. The van der Waals surface area contributed by atoms with Crippen LogP contribution in [0, 0.1) is 6.92 Å². The molecule has 1 amide bonds. The van der Waals surface area contributed by atoms with Crippen LogP contribution in [0.5, 0.6) is 0 Å². The Labute approximate surface area is 108 Å². The minimum Gasteiger partial charge on any atom is -0.742 e. The van der Waals surface area contributed by atoms with Gasteiger partial charge in [0.2, 0.25) is 0 Å². The van der Waals surface area contributed by atoms with Crippen molar-refractivity contribution in [3.05, 3.63) is 35.4 Å². The number of nitrogens with zero attached hydrogens (tertiary/aromatic N) is 4. The van der Waals surface area contributed by atoms with E-state index >= 15 is 0 Å². The molecule has 0 spiro atoms. The van der Waals surface area contributed by atoms with E-state index in [1.54, 1.807) is 18.2 Å². The van der Waals surface area contributed by atoms with Crippen LogP contribution in [0.4, 0.5) is 5.95 Å². The smallest absolute Gasteiger partial charge is 0.288 e. The highest BCUT2D eigenvalue weighted by Crippen LogP contribution is 2.04. The molecule has 1 aromatic heterocycles. The van der Waals surface area contributed by atoms with Gasteiger partial charge in [0.1, 0.15) is 0 Å². The summed E-state index contributed by atoms with van der Waals surface area (Å²) in [6, 6.07) is 7.15. The molecule has 1 heterocycles. The van der Waals surface area contributed by atoms with Gasteiger partial charge in [0.25, 0.3) is 11.9 Å². The number of rotatable bonds is 2. The molecule has 2 rings (SSSR count). The van der Waals surface area contributed by atoms with E-state index in [0.29, 0.717) is 5.56 Å². The molecule has 0 bridgehead atoms. The Balaban J connectivity index is 2.08. The third kappa shape index (κ3) is 3.08. The molecule has 0 saturated carbocycles. The molecule has 18 heavy (non-hydrogen) atoms. The number of tetrazole rings is 1. The number of aromatic nitrogens is 4. The Morgan fingerprint density at radius 3 is 3.00 bits per heavy atom. The first kappa shape index (κ1) is 12.1. The Morgan fingerprint density at radius 1 is 1.50 bits per heavy atom. The third-order valence-corrected chi connectivity index (χ3v) is 2.23. The molecule has 0 radical (unpaired) electrons. The summed E-state index contributed by atoms with van der Waals surface area (Å²) < 4.78 is 0. The van der Waals surface area contributed by atoms with E-state index in [2.05, 4.69) is 30.9 Å². The summed E-state index contributed by atoms with van der Waals surface area (Å²) in [5, 5.41) is 15.2. The van der Waals surface area contributed by atoms with Crippen LogP contribution < -0.4 is 5.32 Å². The fourth-order valence-electron chi connectivity index (χ4n) is 1.28. The van der Waals surface area contributed by atoms with Crippen molar-refractivity contribution in [2.45, 2.75) is 6.92 Å². The molecule has 0 aliphatic heterocycles. The van der Waals surface area contributed by atoms with Crippen molar-refractivity contribution in [3.63, 3.8) is 0 Å². The lowest BCUT2D eigenvalue weighted by Gasteiger charge is -2.11. The Morgan fingerprint density at radius 2 is 2.33 bits per heavy atom. The van der Waals surface area contributed by atoms with Crippen LogP contribution in [0.15, 0.2) is 29.3 Å². The molecule has 1 aromatic carbocycles. The molecule has 2 aromatic rings. The van der Waals surface area contributed by atoms with Gasteiger partial charge >= 0.3 is 0 Å². The number of carbonyl (C=O) groups is 1. The predicted octanol–water partition coefficient (Wildman–Crippen LogP) is 0.473. The van der Waals surface area contributed by atoms with Gasteiger partial charge in [0.05, 0.1) is 0 Å². The van der Waals surface area contributed by atoms with Crippen molar-refractivity contribution >= 4 is 29.7 Å². The molecule has 0 saturated heterocycles. The summed E-state index contributed by atoms with van der Waals surface area (Å²) >= 11 is 4.89. The number of hydrogen-bond donors (Lipinski definition) is 2. The van der Waals surface area contributed by atoms with Crippen LogP contribution in [0.1, 0.15) is 15.9 Å². The van der Waals surface area contributed by atoms with Crippen molar-refractivity contribution in [1.82, 2.24) is 25.9 Å². The van der Waals surface area contributed by atoms with E-state index in [9.17, 15) is 4.79 Å². The Bertz CT molecular complexity index is 580. The fourth-order valence-corrected chi connectivity index (χ4v) is 1.45. The molecular weight excluding hydrogens is 252 g/mol. The van der Waals surface area contributed by atoms with Gasteiger partial charge in [-0.3, -0.25) is 4.79 Å². The lowest BCUT2D eigenvalue weighted by molar-refractivity contribution is 0.0978. The molecule has 0 fully saturated rings. The maximum atomic E-state index is 11.8. The van der Waals surface area contributed by atoms with Crippen LogP contribution in [0.25, 0.3) is 0 Å². The molecule has 0 unspecified atom stereocenters. The lowest BCUT2D eigenvalue weighted by atomic mass is 10.1. The summed E-state index contributed by atoms with van der Waals surface area (Å²) in [5.74, 6) is -0.250. The van der Waals surface area contributed by atoms with Gasteiger partial charge < -0.3 is 17.9 Å². The summed E-state index contributed by atoms with van der Waals surface area (Å²) in [6.07, 6.45) is 0. The van der Waals surface area contributed by atoms with Crippen LogP contribution in [0.3, 0.4) is 0 Å². The van der Waals surface area contributed by atoms with E-state index in [1.165, 1.54) is 0 Å². The minimum atomic E-state index is -0.323. The van der Waals surface area contributed by atoms with E-state index in [1.807, 2.05) is 13.0 Å².